The van der Waals surface area contributed by atoms with Crippen LogP contribution in [0.4, 0.5) is 4.39 Å². The van der Waals surface area contributed by atoms with Crippen molar-refractivity contribution in [3.63, 3.8) is 0 Å². The van der Waals surface area contributed by atoms with Crippen LogP contribution in [0.15, 0.2) is 18.2 Å². The number of rotatable bonds is 5. The summed E-state index contributed by atoms with van der Waals surface area (Å²) < 4.78 is 17.9. The Hall–Kier alpha value is -1.29. The molecule has 0 unspecified atom stereocenters. The molecule has 0 atom stereocenters. The van der Waals surface area contributed by atoms with Crippen LogP contribution < -0.4 is 10.1 Å². The summed E-state index contributed by atoms with van der Waals surface area (Å²) in [5, 5.41) is 2.86. The largest absolute Gasteiger partial charge is 0.482 e. The highest BCUT2D eigenvalue weighted by Crippen LogP contribution is 2.24. The van der Waals surface area contributed by atoms with Gasteiger partial charge in [-0.05, 0) is 24.1 Å². The van der Waals surface area contributed by atoms with E-state index in [0.717, 1.165) is 6.07 Å². The molecule has 0 saturated carbocycles. The monoisotopic (exact) mass is 259 g/mol. The van der Waals surface area contributed by atoms with Crippen LogP contribution in [0.25, 0.3) is 0 Å². The lowest BCUT2D eigenvalue weighted by Crippen LogP contribution is -2.31. The average molecular weight is 260 g/mol. The molecule has 0 aliphatic heterocycles. The second-order valence-corrected chi connectivity index (χ2v) is 4.47. The molecule has 94 valence electrons. The van der Waals surface area contributed by atoms with Gasteiger partial charge < -0.3 is 10.1 Å². The van der Waals surface area contributed by atoms with E-state index < -0.39 is 5.82 Å². The highest BCUT2D eigenvalue weighted by Gasteiger charge is 2.06. The van der Waals surface area contributed by atoms with Crippen molar-refractivity contribution in [3.8, 4) is 5.75 Å². The number of carbonyl (C=O) groups is 1. The molecule has 3 nitrogen and oxygen atoms in total. The molecule has 1 amide bonds. The third-order valence-electron chi connectivity index (χ3n) is 1.96. The molecule has 1 rings (SSSR count). The van der Waals surface area contributed by atoms with E-state index in [2.05, 4.69) is 5.32 Å². The minimum atomic E-state index is -0.438. The fourth-order valence-corrected chi connectivity index (χ4v) is 1.33. The van der Waals surface area contributed by atoms with Gasteiger partial charge in [0.05, 0.1) is 5.02 Å². The maximum atomic E-state index is 12.7. The summed E-state index contributed by atoms with van der Waals surface area (Å²) >= 11 is 5.74. The van der Waals surface area contributed by atoms with Gasteiger partial charge in [-0.2, -0.15) is 0 Å². The van der Waals surface area contributed by atoms with Gasteiger partial charge >= 0.3 is 0 Å². The molecule has 0 spiro atoms. The SMILES string of the molecule is CC(C)CNC(=O)COc1ccc(F)cc1Cl. The van der Waals surface area contributed by atoms with Crippen LogP contribution >= 0.6 is 11.6 Å². The minimum Gasteiger partial charge on any atom is -0.482 e. The third-order valence-corrected chi connectivity index (χ3v) is 2.26. The highest BCUT2D eigenvalue weighted by atomic mass is 35.5. The zero-order chi connectivity index (χ0) is 12.8. The van der Waals surface area contributed by atoms with Crippen molar-refractivity contribution in [1.29, 1.82) is 0 Å². The Balaban J connectivity index is 2.42. The van der Waals surface area contributed by atoms with Crippen molar-refractivity contribution in [2.75, 3.05) is 13.2 Å². The van der Waals surface area contributed by atoms with Crippen molar-refractivity contribution in [2.45, 2.75) is 13.8 Å². The van der Waals surface area contributed by atoms with Crippen LogP contribution in [-0.4, -0.2) is 19.1 Å². The van der Waals surface area contributed by atoms with E-state index in [9.17, 15) is 9.18 Å². The summed E-state index contributed by atoms with van der Waals surface area (Å²) in [4.78, 5) is 11.3. The van der Waals surface area contributed by atoms with E-state index in [1.165, 1.54) is 12.1 Å². The second kappa shape index (κ2) is 6.45. The number of halogens is 2. The predicted octanol–water partition coefficient (Wildman–Crippen LogP) is 2.63. The molecule has 0 fully saturated rings. The van der Waals surface area contributed by atoms with Gasteiger partial charge in [0.25, 0.3) is 5.91 Å². The summed E-state index contributed by atoms with van der Waals surface area (Å²) in [7, 11) is 0. The summed E-state index contributed by atoms with van der Waals surface area (Å²) in [6.07, 6.45) is 0. The van der Waals surface area contributed by atoms with E-state index in [1.54, 1.807) is 0 Å². The Labute approximate surface area is 105 Å². The van der Waals surface area contributed by atoms with Crippen molar-refractivity contribution in [2.24, 2.45) is 5.92 Å². The molecule has 0 heterocycles. The van der Waals surface area contributed by atoms with Crippen LogP contribution in [0.2, 0.25) is 5.02 Å². The fraction of sp³-hybridized carbons (Fsp3) is 0.417. The van der Waals surface area contributed by atoms with Gasteiger partial charge in [-0.25, -0.2) is 4.39 Å². The van der Waals surface area contributed by atoms with Crippen molar-refractivity contribution < 1.29 is 13.9 Å². The van der Waals surface area contributed by atoms with Crippen LogP contribution in [0.1, 0.15) is 13.8 Å². The highest BCUT2D eigenvalue weighted by molar-refractivity contribution is 6.32. The predicted molar refractivity (Wildman–Crippen MR) is 64.8 cm³/mol. The smallest absolute Gasteiger partial charge is 0.257 e. The second-order valence-electron chi connectivity index (χ2n) is 4.06. The maximum Gasteiger partial charge on any atom is 0.257 e. The summed E-state index contributed by atoms with van der Waals surface area (Å²) in [5.41, 5.74) is 0. The molecule has 1 aromatic rings. The van der Waals surface area contributed by atoms with Gasteiger partial charge in [0.1, 0.15) is 11.6 Å². The normalized spacial score (nSPS) is 10.4. The quantitative estimate of drug-likeness (QED) is 0.883. The van der Waals surface area contributed by atoms with Gasteiger partial charge in [0, 0.05) is 6.54 Å². The van der Waals surface area contributed by atoms with Crippen molar-refractivity contribution in [3.05, 3.63) is 29.0 Å². The molecule has 0 aliphatic rings. The lowest BCUT2D eigenvalue weighted by molar-refractivity contribution is -0.123. The van der Waals surface area contributed by atoms with Crippen LogP contribution in [0.5, 0.6) is 5.75 Å². The molecule has 0 aliphatic carbocycles. The van der Waals surface area contributed by atoms with Crippen LogP contribution in [0, 0.1) is 11.7 Å². The Morgan fingerprint density at radius 1 is 1.53 bits per heavy atom. The Morgan fingerprint density at radius 3 is 2.82 bits per heavy atom. The number of benzene rings is 1. The number of carbonyl (C=O) groups excluding carboxylic acids is 1. The summed E-state index contributed by atoms with van der Waals surface area (Å²) in [6.45, 7) is 4.47. The van der Waals surface area contributed by atoms with Crippen molar-refractivity contribution >= 4 is 17.5 Å². The van der Waals surface area contributed by atoms with Crippen molar-refractivity contribution in [1.82, 2.24) is 5.32 Å². The molecule has 17 heavy (non-hydrogen) atoms. The van der Waals surface area contributed by atoms with E-state index >= 15 is 0 Å². The zero-order valence-electron chi connectivity index (χ0n) is 9.80. The van der Waals surface area contributed by atoms with Gasteiger partial charge in [0.15, 0.2) is 6.61 Å². The van der Waals surface area contributed by atoms with Gasteiger partial charge in [-0.3, -0.25) is 4.79 Å². The number of hydrogen-bond donors (Lipinski definition) is 1. The Kier molecular flexibility index (Phi) is 5.22. The first-order valence-electron chi connectivity index (χ1n) is 5.33. The summed E-state index contributed by atoms with van der Waals surface area (Å²) in [5.74, 6) is 0.0202. The number of nitrogens with one attached hydrogen (secondary N) is 1. The minimum absolute atomic E-state index is 0.127. The standard InChI is InChI=1S/C12H15ClFNO2/c1-8(2)6-15-12(16)7-17-11-4-3-9(14)5-10(11)13/h3-5,8H,6-7H2,1-2H3,(H,15,16). The van der Waals surface area contributed by atoms with E-state index in [1.807, 2.05) is 13.8 Å². The molecule has 5 heteroatoms. The van der Waals surface area contributed by atoms with Crippen LogP contribution in [-0.2, 0) is 4.79 Å². The van der Waals surface area contributed by atoms with Gasteiger partial charge in [-0.1, -0.05) is 25.4 Å². The topological polar surface area (TPSA) is 38.3 Å². The first-order valence-corrected chi connectivity index (χ1v) is 5.71. The fourth-order valence-electron chi connectivity index (χ4n) is 1.10. The van der Waals surface area contributed by atoms with E-state index in [4.69, 9.17) is 16.3 Å². The number of ether oxygens (including phenoxy) is 1. The molecule has 0 saturated heterocycles. The zero-order valence-corrected chi connectivity index (χ0v) is 10.6. The van der Waals surface area contributed by atoms with E-state index in [0.29, 0.717) is 18.2 Å². The number of amides is 1. The molecule has 1 aromatic carbocycles. The first-order chi connectivity index (χ1) is 7.99. The maximum absolute atomic E-state index is 12.7. The lowest BCUT2D eigenvalue weighted by atomic mass is 10.2. The third kappa shape index (κ3) is 5.04. The first kappa shape index (κ1) is 13.8. The number of hydrogen-bond acceptors (Lipinski definition) is 2. The molecular weight excluding hydrogens is 245 g/mol. The van der Waals surface area contributed by atoms with Crippen LogP contribution in [0.3, 0.4) is 0 Å². The molecule has 0 aromatic heterocycles. The average Bonchev–Trinajstić information content (AvgIpc) is 2.25. The van der Waals surface area contributed by atoms with E-state index in [-0.39, 0.29) is 17.5 Å². The molecule has 0 radical (unpaired) electrons. The molecular formula is C12H15ClFNO2. The Morgan fingerprint density at radius 2 is 2.24 bits per heavy atom. The Bertz CT molecular complexity index is 396. The lowest BCUT2D eigenvalue weighted by Gasteiger charge is -2.09. The molecule has 0 bridgehead atoms. The molecule has 1 N–H and O–H groups in total. The van der Waals surface area contributed by atoms with Gasteiger partial charge in [-0.15, -0.1) is 0 Å². The summed E-state index contributed by atoms with van der Waals surface area (Å²) in [6, 6.07) is 3.77. The van der Waals surface area contributed by atoms with Gasteiger partial charge in [0.2, 0.25) is 0 Å².